The Kier molecular flexibility index (Phi) is 9.46. The van der Waals surface area contributed by atoms with Crippen molar-refractivity contribution in [2.45, 2.75) is 40.2 Å². The maximum atomic E-state index is 4.52. The number of nitrogens with zero attached hydrogens (tertiary/aromatic N) is 4. The second-order valence-corrected chi connectivity index (χ2v) is 8.52. The Labute approximate surface area is 213 Å². The predicted octanol–water partition coefficient (Wildman–Crippen LogP) is 5.43. The van der Waals surface area contributed by atoms with Crippen LogP contribution in [-0.4, -0.2) is 19.9 Å². The molecule has 184 valence electrons. The number of benzene rings is 1. The summed E-state index contributed by atoms with van der Waals surface area (Å²) in [6, 6.07) is 16.2. The van der Waals surface area contributed by atoms with Gasteiger partial charge in [0.15, 0.2) is 0 Å². The molecule has 0 fully saturated rings. The van der Waals surface area contributed by atoms with Gasteiger partial charge in [0.1, 0.15) is 5.82 Å². The molecule has 0 aliphatic heterocycles. The molecule has 4 rings (SSSR count). The molecule has 1 unspecified atom stereocenters. The zero-order chi connectivity index (χ0) is 25.9. The summed E-state index contributed by atoms with van der Waals surface area (Å²) in [5.74, 6) is 0.712. The van der Waals surface area contributed by atoms with Crippen LogP contribution in [0.15, 0.2) is 79.9 Å². The molecule has 0 aliphatic carbocycles. The van der Waals surface area contributed by atoms with E-state index in [0.717, 1.165) is 45.5 Å². The Bertz CT molecular complexity index is 1400. The molecule has 4 aromatic rings. The summed E-state index contributed by atoms with van der Waals surface area (Å²) >= 11 is 0. The fourth-order valence-corrected chi connectivity index (χ4v) is 3.48. The van der Waals surface area contributed by atoms with Gasteiger partial charge in [0.2, 0.25) is 0 Å². The summed E-state index contributed by atoms with van der Waals surface area (Å²) in [7, 11) is 0. The van der Waals surface area contributed by atoms with Crippen molar-refractivity contribution in [3.63, 3.8) is 0 Å². The quantitative estimate of drug-likeness (QED) is 0.369. The number of aromatic nitrogens is 4. The lowest BCUT2D eigenvalue weighted by Crippen LogP contribution is -2.30. The second-order valence-electron chi connectivity index (χ2n) is 8.52. The van der Waals surface area contributed by atoms with Gasteiger partial charge in [-0.3, -0.25) is 15.0 Å². The molecule has 36 heavy (non-hydrogen) atoms. The number of aryl methyl sites for hydroxylation is 2. The molecule has 0 bridgehead atoms. The molecule has 3 heterocycles. The predicted molar refractivity (Wildman–Crippen MR) is 151 cm³/mol. The molecule has 0 saturated carbocycles. The summed E-state index contributed by atoms with van der Waals surface area (Å²) < 4.78 is 0. The van der Waals surface area contributed by atoms with Crippen LogP contribution in [0, 0.1) is 13.8 Å². The summed E-state index contributed by atoms with van der Waals surface area (Å²) in [4.78, 5) is 17.2. The molecule has 0 radical (unpaired) electrons. The average molecular weight is 479 g/mol. The van der Waals surface area contributed by atoms with E-state index >= 15 is 0 Å². The van der Waals surface area contributed by atoms with E-state index in [1.54, 1.807) is 12.4 Å². The zero-order valence-corrected chi connectivity index (χ0v) is 21.5. The van der Waals surface area contributed by atoms with Gasteiger partial charge in [-0.1, -0.05) is 44.4 Å². The van der Waals surface area contributed by atoms with Crippen LogP contribution in [0.25, 0.3) is 18.4 Å². The number of anilines is 2. The molecular weight excluding hydrogens is 444 g/mol. The zero-order valence-electron chi connectivity index (χ0n) is 21.5. The highest BCUT2D eigenvalue weighted by Crippen LogP contribution is 2.23. The van der Waals surface area contributed by atoms with Crippen molar-refractivity contribution in [3.8, 4) is 0 Å². The molecule has 2 N–H and O–H groups in total. The molecule has 0 aliphatic rings. The van der Waals surface area contributed by atoms with Crippen LogP contribution >= 0.6 is 0 Å². The Balaban J connectivity index is 0.000000444. The fraction of sp³-hybridized carbons (Fsp3) is 0.200. The van der Waals surface area contributed by atoms with Crippen molar-refractivity contribution in [3.05, 3.63) is 113 Å². The third-order valence-corrected chi connectivity index (χ3v) is 5.36. The van der Waals surface area contributed by atoms with E-state index in [-0.39, 0.29) is 6.04 Å². The number of hydrogen-bond donors (Lipinski definition) is 2. The average Bonchev–Trinajstić information content (AvgIpc) is 2.87. The molecule has 1 aromatic carbocycles. The van der Waals surface area contributed by atoms with Crippen LogP contribution in [0.5, 0.6) is 0 Å². The van der Waals surface area contributed by atoms with Gasteiger partial charge >= 0.3 is 0 Å². The summed E-state index contributed by atoms with van der Waals surface area (Å²) in [5, 5.41) is 8.29. The maximum Gasteiger partial charge on any atom is 0.145 e. The van der Waals surface area contributed by atoms with Crippen molar-refractivity contribution >= 4 is 29.9 Å². The van der Waals surface area contributed by atoms with Gasteiger partial charge in [0.25, 0.3) is 0 Å². The first-order chi connectivity index (χ1) is 17.4. The molecule has 0 amide bonds. The van der Waals surface area contributed by atoms with Gasteiger partial charge in [-0.15, -0.1) is 0 Å². The summed E-state index contributed by atoms with van der Waals surface area (Å²) in [5.41, 5.74) is 6.06. The van der Waals surface area contributed by atoms with E-state index in [9.17, 15) is 0 Å². The highest BCUT2D eigenvalue weighted by molar-refractivity contribution is 5.75. The van der Waals surface area contributed by atoms with Crippen LogP contribution < -0.4 is 21.3 Å². The minimum atomic E-state index is 0.0559. The van der Waals surface area contributed by atoms with Crippen molar-refractivity contribution < 1.29 is 0 Å². The van der Waals surface area contributed by atoms with E-state index < -0.39 is 0 Å². The number of nitrogens with one attached hydrogen (secondary N) is 2. The number of hydrogen-bond acceptors (Lipinski definition) is 6. The van der Waals surface area contributed by atoms with Crippen LogP contribution in [0.2, 0.25) is 0 Å². The molecule has 1 atom stereocenters. The largest absolute Gasteiger partial charge is 0.362 e. The van der Waals surface area contributed by atoms with E-state index in [0.29, 0.717) is 11.2 Å². The monoisotopic (exact) mass is 478 g/mol. The van der Waals surface area contributed by atoms with Crippen LogP contribution in [0.4, 0.5) is 11.5 Å². The SMILES string of the molecule is C=C(Nc1cccc(C(C)Nc2cn/c(=C/CC)c(=C)n2)c1)c1cncc(C)c1.Cc1ccccn1. The number of pyridine rings is 2. The Morgan fingerprint density at radius 1 is 1.03 bits per heavy atom. The van der Waals surface area contributed by atoms with Gasteiger partial charge in [-0.25, -0.2) is 4.98 Å². The third kappa shape index (κ3) is 7.87. The van der Waals surface area contributed by atoms with Crippen molar-refractivity contribution in [2.75, 3.05) is 10.6 Å². The van der Waals surface area contributed by atoms with Crippen molar-refractivity contribution in [1.82, 2.24) is 19.9 Å². The first-order valence-corrected chi connectivity index (χ1v) is 12.0. The normalized spacial score (nSPS) is 11.7. The fourth-order valence-electron chi connectivity index (χ4n) is 3.48. The smallest absolute Gasteiger partial charge is 0.145 e. The lowest BCUT2D eigenvalue weighted by molar-refractivity contribution is 0.867. The molecule has 6 heteroatoms. The summed E-state index contributed by atoms with van der Waals surface area (Å²) in [6.07, 6.45) is 10.1. The van der Waals surface area contributed by atoms with Gasteiger partial charge in [-0.05, 0) is 68.7 Å². The van der Waals surface area contributed by atoms with Gasteiger partial charge < -0.3 is 10.6 Å². The van der Waals surface area contributed by atoms with Gasteiger partial charge in [0, 0.05) is 41.2 Å². The lowest BCUT2D eigenvalue weighted by Gasteiger charge is -2.17. The maximum absolute atomic E-state index is 4.52. The third-order valence-electron chi connectivity index (χ3n) is 5.36. The van der Waals surface area contributed by atoms with Crippen LogP contribution in [-0.2, 0) is 0 Å². The van der Waals surface area contributed by atoms with Crippen LogP contribution in [0.3, 0.4) is 0 Å². The lowest BCUT2D eigenvalue weighted by atomic mass is 10.1. The Hall–Kier alpha value is -4.32. The second kappa shape index (κ2) is 13.0. The molecular formula is C30H34N6. The minimum Gasteiger partial charge on any atom is -0.362 e. The van der Waals surface area contributed by atoms with Gasteiger partial charge in [0.05, 0.1) is 22.9 Å². The molecule has 0 spiro atoms. The topological polar surface area (TPSA) is 75.6 Å². The standard InChI is InChI=1S/C24H27N5.C6H7N/c1-6-8-23-19(5)29-24(15-26-23)28-17(3)20-9-7-10-22(12-20)27-18(4)21-11-16(2)13-25-14-21;1-6-4-2-3-5-7-6/h7-15,17,27H,4-6H2,1-3H3,(H,28,29);2-5H,1H3/b23-8+;. The van der Waals surface area contributed by atoms with Crippen molar-refractivity contribution in [1.29, 1.82) is 0 Å². The van der Waals surface area contributed by atoms with Crippen LogP contribution in [0.1, 0.15) is 48.7 Å². The highest BCUT2D eigenvalue weighted by atomic mass is 15.0. The Morgan fingerprint density at radius 3 is 2.50 bits per heavy atom. The van der Waals surface area contributed by atoms with E-state index in [2.05, 4.69) is 75.8 Å². The molecule has 6 nitrogen and oxygen atoms in total. The molecule has 0 saturated heterocycles. The first kappa shape index (κ1) is 26.3. The van der Waals surface area contributed by atoms with Crippen molar-refractivity contribution in [2.24, 2.45) is 0 Å². The van der Waals surface area contributed by atoms with E-state index in [1.807, 2.05) is 62.6 Å². The summed E-state index contributed by atoms with van der Waals surface area (Å²) in [6.45, 7) is 16.3. The van der Waals surface area contributed by atoms with Gasteiger partial charge in [-0.2, -0.15) is 0 Å². The van der Waals surface area contributed by atoms with E-state index in [1.165, 1.54) is 0 Å². The highest BCUT2D eigenvalue weighted by Gasteiger charge is 2.08. The number of rotatable bonds is 7. The Morgan fingerprint density at radius 2 is 1.86 bits per heavy atom. The molecule has 3 aromatic heterocycles. The minimum absolute atomic E-state index is 0.0559. The van der Waals surface area contributed by atoms with E-state index in [4.69, 9.17) is 0 Å². The first-order valence-electron chi connectivity index (χ1n) is 12.0.